The molecule has 0 amide bonds. The molecule has 2 rings (SSSR count). The van der Waals surface area contributed by atoms with Crippen molar-refractivity contribution in [1.82, 2.24) is 10.2 Å². The van der Waals surface area contributed by atoms with Gasteiger partial charge in [0, 0.05) is 31.7 Å². The fourth-order valence-corrected chi connectivity index (χ4v) is 3.12. The number of nitrogens with one attached hydrogen (secondary N) is 1. The number of rotatable bonds is 5. The normalized spacial score (nSPS) is 23.8. The van der Waals surface area contributed by atoms with E-state index < -0.39 is 0 Å². The molecule has 3 nitrogen and oxygen atoms in total. The van der Waals surface area contributed by atoms with Gasteiger partial charge >= 0.3 is 0 Å². The third-order valence-corrected chi connectivity index (χ3v) is 3.72. The van der Waals surface area contributed by atoms with Crippen LogP contribution in [-0.2, 0) is 0 Å². The minimum atomic E-state index is 0.596. The number of ether oxygens (including phenoxy) is 1. The van der Waals surface area contributed by atoms with Gasteiger partial charge in [0.1, 0.15) is 5.75 Å². The average Bonchev–Trinajstić information content (AvgIpc) is 2.32. The molecule has 2 atom stereocenters. The van der Waals surface area contributed by atoms with E-state index >= 15 is 0 Å². The third-order valence-electron chi connectivity index (χ3n) is 3.72. The van der Waals surface area contributed by atoms with Crippen molar-refractivity contribution in [3.63, 3.8) is 0 Å². The summed E-state index contributed by atoms with van der Waals surface area (Å²) >= 11 is 0. The Morgan fingerprint density at radius 1 is 1.10 bits per heavy atom. The molecule has 1 aromatic rings. The Hall–Kier alpha value is -1.06. The molecule has 1 fully saturated rings. The Balaban J connectivity index is 1.71. The number of benzene rings is 1. The standard InChI is InChI=1S/C17H28N2O/c1-13-8-14(2)10-17(9-13)20-7-5-6-19-11-15(3)18-16(4)12-19/h8-10,15-16,18H,5-7,11-12H2,1-4H3. The summed E-state index contributed by atoms with van der Waals surface area (Å²) in [5.41, 5.74) is 2.54. The van der Waals surface area contributed by atoms with Crippen molar-refractivity contribution in [1.29, 1.82) is 0 Å². The van der Waals surface area contributed by atoms with E-state index in [0.717, 1.165) is 38.4 Å². The number of hydrogen-bond acceptors (Lipinski definition) is 3. The number of piperazine rings is 1. The Kier molecular flexibility index (Phi) is 5.44. The highest BCUT2D eigenvalue weighted by atomic mass is 16.5. The highest BCUT2D eigenvalue weighted by molar-refractivity contribution is 5.32. The van der Waals surface area contributed by atoms with E-state index in [1.54, 1.807) is 0 Å². The van der Waals surface area contributed by atoms with Crippen LogP contribution in [-0.4, -0.2) is 43.2 Å². The minimum Gasteiger partial charge on any atom is -0.494 e. The molecule has 2 unspecified atom stereocenters. The molecular formula is C17H28N2O. The zero-order valence-electron chi connectivity index (χ0n) is 13.3. The smallest absolute Gasteiger partial charge is 0.119 e. The van der Waals surface area contributed by atoms with Crippen LogP contribution in [0.1, 0.15) is 31.4 Å². The first-order valence-corrected chi connectivity index (χ1v) is 7.72. The van der Waals surface area contributed by atoms with E-state index in [0.29, 0.717) is 12.1 Å². The summed E-state index contributed by atoms with van der Waals surface area (Å²) < 4.78 is 5.87. The third kappa shape index (κ3) is 4.80. The highest BCUT2D eigenvalue weighted by Crippen LogP contribution is 2.16. The molecule has 0 aliphatic carbocycles. The molecule has 0 saturated carbocycles. The minimum absolute atomic E-state index is 0.596. The van der Waals surface area contributed by atoms with Gasteiger partial charge in [-0.1, -0.05) is 6.07 Å². The Labute approximate surface area is 123 Å². The molecule has 0 bridgehead atoms. The maximum absolute atomic E-state index is 5.87. The summed E-state index contributed by atoms with van der Waals surface area (Å²) in [5.74, 6) is 1.00. The van der Waals surface area contributed by atoms with Crippen LogP contribution in [0.4, 0.5) is 0 Å². The van der Waals surface area contributed by atoms with Crippen molar-refractivity contribution in [3.05, 3.63) is 29.3 Å². The van der Waals surface area contributed by atoms with Crippen LogP contribution in [0.25, 0.3) is 0 Å². The van der Waals surface area contributed by atoms with Gasteiger partial charge in [-0.05, 0) is 57.4 Å². The van der Waals surface area contributed by atoms with Crippen LogP contribution in [0.15, 0.2) is 18.2 Å². The monoisotopic (exact) mass is 276 g/mol. The SMILES string of the molecule is Cc1cc(C)cc(OCCCN2CC(C)NC(C)C2)c1. The van der Waals surface area contributed by atoms with Crippen molar-refractivity contribution >= 4 is 0 Å². The van der Waals surface area contributed by atoms with Gasteiger partial charge in [0.05, 0.1) is 6.61 Å². The van der Waals surface area contributed by atoms with Crippen LogP contribution in [0, 0.1) is 13.8 Å². The Morgan fingerprint density at radius 2 is 1.70 bits per heavy atom. The largest absolute Gasteiger partial charge is 0.494 e. The summed E-state index contributed by atoms with van der Waals surface area (Å²) in [6.07, 6.45) is 1.09. The zero-order chi connectivity index (χ0) is 14.5. The van der Waals surface area contributed by atoms with Crippen LogP contribution >= 0.6 is 0 Å². The predicted octanol–water partition coefficient (Wildman–Crippen LogP) is 2.75. The van der Waals surface area contributed by atoms with Gasteiger partial charge in [0.25, 0.3) is 0 Å². The Morgan fingerprint density at radius 3 is 2.30 bits per heavy atom. The molecule has 0 spiro atoms. The van der Waals surface area contributed by atoms with E-state index in [1.165, 1.54) is 11.1 Å². The summed E-state index contributed by atoms with van der Waals surface area (Å²) in [7, 11) is 0. The molecule has 20 heavy (non-hydrogen) atoms. The fraction of sp³-hybridized carbons (Fsp3) is 0.647. The molecule has 1 aliphatic heterocycles. The zero-order valence-corrected chi connectivity index (χ0v) is 13.3. The van der Waals surface area contributed by atoms with Crippen molar-refractivity contribution in [3.8, 4) is 5.75 Å². The lowest BCUT2D eigenvalue weighted by Gasteiger charge is -2.36. The predicted molar refractivity (Wildman–Crippen MR) is 84.5 cm³/mol. The highest BCUT2D eigenvalue weighted by Gasteiger charge is 2.19. The Bertz CT molecular complexity index is 403. The van der Waals surface area contributed by atoms with Crippen molar-refractivity contribution in [2.75, 3.05) is 26.2 Å². The van der Waals surface area contributed by atoms with Crippen LogP contribution in [0.5, 0.6) is 5.75 Å². The molecule has 0 radical (unpaired) electrons. The molecule has 1 aliphatic rings. The first-order chi connectivity index (χ1) is 9.52. The summed E-state index contributed by atoms with van der Waals surface area (Å²) in [4.78, 5) is 2.54. The summed E-state index contributed by atoms with van der Waals surface area (Å²) in [5, 5.41) is 3.56. The second-order valence-electron chi connectivity index (χ2n) is 6.25. The number of hydrogen-bond donors (Lipinski definition) is 1. The first kappa shape index (κ1) is 15.3. The van der Waals surface area contributed by atoms with Gasteiger partial charge in [0.2, 0.25) is 0 Å². The fourth-order valence-electron chi connectivity index (χ4n) is 3.12. The average molecular weight is 276 g/mol. The molecular weight excluding hydrogens is 248 g/mol. The van der Waals surface area contributed by atoms with Crippen LogP contribution < -0.4 is 10.1 Å². The van der Waals surface area contributed by atoms with E-state index in [9.17, 15) is 0 Å². The summed E-state index contributed by atoms with van der Waals surface area (Å²) in [6.45, 7) is 13.0. The topological polar surface area (TPSA) is 24.5 Å². The van der Waals surface area contributed by atoms with E-state index in [2.05, 4.69) is 56.1 Å². The lowest BCUT2D eigenvalue weighted by molar-refractivity contribution is 0.161. The maximum Gasteiger partial charge on any atom is 0.119 e. The molecule has 1 N–H and O–H groups in total. The van der Waals surface area contributed by atoms with Gasteiger partial charge < -0.3 is 15.0 Å². The van der Waals surface area contributed by atoms with Gasteiger partial charge in [0.15, 0.2) is 0 Å². The van der Waals surface area contributed by atoms with Gasteiger partial charge in [-0.2, -0.15) is 0 Å². The lowest BCUT2D eigenvalue weighted by Crippen LogP contribution is -2.54. The second-order valence-corrected chi connectivity index (χ2v) is 6.25. The molecule has 1 heterocycles. The van der Waals surface area contributed by atoms with Crippen molar-refractivity contribution < 1.29 is 4.74 Å². The first-order valence-electron chi connectivity index (χ1n) is 7.72. The molecule has 0 aromatic heterocycles. The molecule has 1 saturated heterocycles. The molecule has 3 heteroatoms. The van der Waals surface area contributed by atoms with E-state index in [-0.39, 0.29) is 0 Å². The second kappa shape index (κ2) is 7.09. The van der Waals surface area contributed by atoms with Crippen LogP contribution in [0.2, 0.25) is 0 Å². The van der Waals surface area contributed by atoms with Gasteiger partial charge in [-0.25, -0.2) is 0 Å². The van der Waals surface area contributed by atoms with E-state index in [1.807, 2.05) is 0 Å². The van der Waals surface area contributed by atoms with Gasteiger partial charge in [-0.15, -0.1) is 0 Å². The maximum atomic E-state index is 5.87. The van der Waals surface area contributed by atoms with Crippen LogP contribution in [0.3, 0.4) is 0 Å². The summed E-state index contributed by atoms with van der Waals surface area (Å²) in [6, 6.07) is 7.60. The van der Waals surface area contributed by atoms with Crippen molar-refractivity contribution in [2.45, 2.75) is 46.2 Å². The number of nitrogens with zero attached hydrogens (tertiary/aromatic N) is 1. The van der Waals surface area contributed by atoms with E-state index in [4.69, 9.17) is 4.74 Å². The van der Waals surface area contributed by atoms with Gasteiger partial charge in [-0.3, -0.25) is 0 Å². The number of aryl methyl sites for hydroxylation is 2. The molecule has 1 aromatic carbocycles. The lowest BCUT2D eigenvalue weighted by atomic mass is 10.1. The quantitative estimate of drug-likeness (QED) is 0.837. The molecule has 112 valence electrons. The van der Waals surface area contributed by atoms with Crippen molar-refractivity contribution in [2.24, 2.45) is 0 Å².